The largest absolute Gasteiger partial charge is 0.444 e. The van der Waals surface area contributed by atoms with Crippen LogP contribution in [0.1, 0.15) is 51.9 Å². The van der Waals surface area contributed by atoms with Crippen molar-refractivity contribution in [1.29, 1.82) is 0 Å². The Morgan fingerprint density at radius 3 is 2.48 bits per heavy atom. The van der Waals surface area contributed by atoms with Gasteiger partial charge in [0.1, 0.15) is 11.1 Å². The van der Waals surface area contributed by atoms with Gasteiger partial charge in [-0.2, -0.15) is 18.2 Å². The number of amides is 1. The Morgan fingerprint density at radius 1 is 1.24 bits per heavy atom. The third kappa shape index (κ3) is 6.81. The number of halogens is 4. The van der Waals surface area contributed by atoms with E-state index in [4.69, 9.17) is 20.9 Å². The monoisotopic (exact) mass is 451 g/mol. The molecule has 29 heavy (non-hydrogen) atoms. The minimum Gasteiger partial charge on any atom is -0.444 e. The molecule has 0 spiro atoms. The van der Waals surface area contributed by atoms with Crippen molar-refractivity contribution < 1.29 is 27.2 Å². The molecule has 0 aliphatic carbocycles. The maximum atomic E-state index is 13.0. The summed E-state index contributed by atoms with van der Waals surface area (Å²) in [5, 5.41) is 6.14. The first-order valence-electron chi connectivity index (χ1n) is 8.51. The summed E-state index contributed by atoms with van der Waals surface area (Å²) in [5.41, 5.74) is -2.54. The van der Waals surface area contributed by atoms with Gasteiger partial charge in [0.25, 0.3) is 0 Å². The maximum Gasteiger partial charge on any atom is 0.417 e. The van der Waals surface area contributed by atoms with Gasteiger partial charge in [0.15, 0.2) is 5.82 Å². The molecular weight excluding hydrogens is 431 g/mol. The van der Waals surface area contributed by atoms with Gasteiger partial charge < -0.3 is 14.6 Å². The van der Waals surface area contributed by atoms with E-state index in [-0.39, 0.29) is 22.5 Å². The lowest BCUT2D eigenvalue weighted by Gasteiger charge is -2.26. The summed E-state index contributed by atoms with van der Waals surface area (Å²) < 4.78 is 49.2. The summed E-state index contributed by atoms with van der Waals surface area (Å²) in [5.74, 6) is 0.563. The van der Waals surface area contributed by atoms with Crippen molar-refractivity contribution in [2.75, 3.05) is 0 Å². The fraction of sp³-hybridized carbons (Fsp3) is 0.500. The molecule has 11 heteroatoms. The molecule has 0 saturated carbocycles. The molecule has 0 unspecified atom stereocenters. The third-order valence-electron chi connectivity index (χ3n) is 3.45. The molecule has 0 bridgehead atoms. The second-order valence-electron chi connectivity index (χ2n) is 7.69. The van der Waals surface area contributed by atoms with Crippen LogP contribution in [0.5, 0.6) is 0 Å². The normalized spacial score (nSPS) is 12.7. The van der Waals surface area contributed by atoms with Crippen molar-refractivity contribution in [2.45, 2.75) is 62.6 Å². The first-order chi connectivity index (χ1) is 13.2. The van der Waals surface area contributed by atoms with E-state index in [0.717, 1.165) is 17.8 Å². The number of ether oxygens (including phenoxy) is 1. The number of benzene rings is 1. The summed E-state index contributed by atoms with van der Waals surface area (Å²) in [4.78, 5) is 16.6. The van der Waals surface area contributed by atoms with E-state index in [1.165, 1.54) is 12.1 Å². The van der Waals surface area contributed by atoms with Crippen molar-refractivity contribution in [3.05, 3.63) is 40.5 Å². The molecule has 0 aliphatic heterocycles. The highest BCUT2D eigenvalue weighted by atomic mass is 35.5. The van der Waals surface area contributed by atoms with E-state index in [2.05, 4.69) is 15.5 Å². The molecular formula is C18H21ClF3N3O3S. The zero-order valence-electron chi connectivity index (χ0n) is 16.5. The van der Waals surface area contributed by atoms with Crippen LogP contribution in [0.2, 0.25) is 5.02 Å². The van der Waals surface area contributed by atoms with Crippen LogP contribution in [0.25, 0.3) is 0 Å². The Hall–Kier alpha value is -1.94. The first-order valence-corrected chi connectivity index (χ1v) is 9.87. The SMILES string of the molecule is CC(C)(C)OC(=O)NC(C)(C)c1noc(CSc2ccc(Cl)c(C(F)(F)F)c2)n1. The van der Waals surface area contributed by atoms with E-state index in [0.29, 0.717) is 4.90 Å². The highest BCUT2D eigenvalue weighted by molar-refractivity contribution is 7.98. The Morgan fingerprint density at radius 2 is 1.90 bits per heavy atom. The molecule has 6 nitrogen and oxygen atoms in total. The fourth-order valence-electron chi connectivity index (χ4n) is 2.14. The van der Waals surface area contributed by atoms with Crippen molar-refractivity contribution in [2.24, 2.45) is 0 Å². The Kier molecular flexibility index (Phi) is 6.79. The quantitative estimate of drug-likeness (QED) is 0.579. The highest BCUT2D eigenvalue weighted by Gasteiger charge is 2.34. The van der Waals surface area contributed by atoms with Gasteiger partial charge >= 0.3 is 12.3 Å². The lowest BCUT2D eigenvalue weighted by molar-refractivity contribution is -0.137. The van der Waals surface area contributed by atoms with Crippen LogP contribution in [-0.4, -0.2) is 21.8 Å². The van der Waals surface area contributed by atoms with Gasteiger partial charge in [0, 0.05) is 4.90 Å². The average molecular weight is 452 g/mol. The highest BCUT2D eigenvalue weighted by Crippen LogP contribution is 2.37. The van der Waals surface area contributed by atoms with Crippen LogP contribution in [0.4, 0.5) is 18.0 Å². The van der Waals surface area contributed by atoms with Gasteiger partial charge in [-0.05, 0) is 52.8 Å². The third-order valence-corrected chi connectivity index (χ3v) is 4.75. The van der Waals surface area contributed by atoms with Crippen molar-refractivity contribution >= 4 is 29.5 Å². The number of hydrogen-bond donors (Lipinski definition) is 1. The van der Waals surface area contributed by atoms with Crippen molar-refractivity contribution in [1.82, 2.24) is 15.5 Å². The lowest BCUT2D eigenvalue weighted by Crippen LogP contribution is -2.44. The molecule has 0 fully saturated rings. The molecule has 0 saturated heterocycles. The molecule has 1 aromatic carbocycles. The fourth-order valence-corrected chi connectivity index (χ4v) is 3.14. The standard InChI is InChI=1S/C18H21ClF3N3O3S/c1-16(2,3)27-15(26)24-17(4,5)14-23-13(28-25-14)9-29-10-6-7-12(19)11(8-10)18(20,21)22/h6-8H,9H2,1-5H3,(H,24,26). The smallest absolute Gasteiger partial charge is 0.417 e. The number of alkyl carbamates (subject to hydrolysis) is 1. The second-order valence-corrected chi connectivity index (χ2v) is 9.15. The van der Waals surface area contributed by atoms with Gasteiger partial charge in [-0.15, -0.1) is 11.8 Å². The van der Waals surface area contributed by atoms with E-state index in [1.54, 1.807) is 34.6 Å². The number of carbonyl (C=O) groups excluding carboxylic acids is 1. The number of carbonyl (C=O) groups is 1. The Bertz CT molecular complexity index is 879. The van der Waals surface area contributed by atoms with Crippen LogP contribution >= 0.6 is 23.4 Å². The van der Waals surface area contributed by atoms with Gasteiger partial charge in [0.2, 0.25) is 5.89 Å². The van der Waals surface area contributed by atoms with E-state index in [9.17, 15) is 18.0 Å². The number of hydrogen-bond acceptors (Lipinski definition) is 6. The predicted molar refractivity (Wildman–Crippen MR) is 103 cm³/mol. The van der Waals surface area contributed by atoms with Crippen LogP contribution < -0.4 is 5.32 Å². The van der Waals surface area contributed by atoms with Gasteiger partial charge in [-0.1, -0.05) is 16.8 Å². The van der Waals surface area contributed by atoms with Gasteiger partial charge in [-0.25, -0.2) is 4.79 Å². The lowest BCUT2D eigenvalue weighted by atomic mass is 10.1. The van der Waals surface area contributed by atoms with Gasteiger partial charge in [-0.3, -0.25) is 0 Å². The van der Waals surface area contributed by atoms with Crippen molar-refractivity contribution in [3.63, 3.8) is 0 Å². The Labute approximate surface area is 175 Å². The molecule has 1 N–H and O–H groups in total. The van der Waals surface area contributed by atoms with E-state index >= 15 is 0 Å². The molecule has 0 radical (unpaired) electrons. The molecule has 0 atom stereocenters. The molecule has 0 aliphatic rings. The number of alkyl halides is 3. The minimum atomic E-state index is -4.54. The predicted octanol–water partition coefficient (Wildman–Crippen LogP) is 5.79. The zero-order chi connectivity index (χ0) is 22.0. The van der Waals surface area contributed by atoms with E-state index < -0.39 is 29.0 Å². The first kappa shape index (κ1) is 23.3. The molecule has 1 heterocycles. The summed E-state index contributed by atoms with van der Waals surface area (Å²) >= 11 is 6.71. The topological polar surface area (TPSA) is 77.2 Å². The summed E-state index contributed by atoms with van der Waals surface area (Å²) in [7, 11) is 0. The summed E-state index contributed by atoms with van der Waals surface area (Å²) in [6.07, 6.45) is -5.17. The zero-order valence-corrected chi connectivity index (χ0v) is 18.1. The minimum absolute atomic E-state index is 0.147. The molecule has 2 rings (SSSR count). The van der Waals surface area contributed by atoms with Crippen LogP contribution in [0, 0.1) is 0 Å². The summed E-state index contributed by atoms with van der Waals surface area (Å²) in [6, 6.07) is 3.64. The van der Waals surface area contributed by atoms with Crippen LogP contribution in [0.3, 0.4) is 0 Å². The number of nitrogens with zero attached hydrogens (tertiary/aromatic N) is 2. The number of aromatic nitrogens is 2. The average Bonchev–Trinajstić information content (AvgIpc) is 3.00. The molecule has 160 valence electrons. The number of thioether (sulfide) groups is 1. The van der Waals surface area contributed by atoms with Crippen LogP contribution in [0.15, 0.2) is 27.6 Å². The Balaban J connectivity index is 2.04. The van der Waals surface area contributed by atoms with Gasteiger partial charge in [0.05, 0.1) is 16.3 Å². The molecule has 1 amide bonds. The summed E-state index contributed by atoms with van der Waals surface area (Å²) in [6.45, 7) is 8.57. The number of rotatable bonds is 5. The number of nitrogens with one attached hydrogen (secondary N) is 1. The molecule has 1 aromatic heterocycles. The van der Waals surface area contributed by atoms with Crippen molar-refractivity contribution in [3.8, 4) is 0 Å². The van der Waals surface area contributed by atoms with Crippen LogP contribution in [-0.2, 0) is 22.2 Å². The molecule has 2 aromatic rings. The van der Waals surface area contributed by atoms with E-state index in [1.807, 2.05) is 0 Å². The maximum absolute atomic E-state index is 13.0. The second kappa shape index (κ2) is 8.43.